The summed E-state index contributed by atoms with van der Waals surface area (Å²) in [6.45, 7) is 4.78. The normalized spacial score (nSPS) is 37.4. The number of nitrogens with two attached hydrogens (primary N) is 1. The van der Waals surface area contributed by atoms with Crippen molar-refractivity contribution in [3.8, 4) is 0 Å². The van der Waals surface area contributed by atoms with E-state index in [1.54, 1.807) is 0 Å². The molecule has 1 fully saturated rings. The van der Waals surface area contributed by atoms with Crippen LogP contribution < -0.4 is 11.1 Å². The second kappa shape index (κ2) is 6.56. The number of nitrogens with one attached hydrogen (secondary N) is 1. The largest absolute Gasteiger partial charge is 0.384 e. The Morgan fingerprint density at radius 1 is 1.43 bits per heavy atom. The first-order valence-electron chi connectivity index (χ1n) is 7.71. The number of hydrogen-bond donors (Lipinski definition) is 2. The first-order chi connectivity index (χ1) is 9.97. The van der Waals surface area contributed by atoms with Gasteiger partial charge in [-0.25, -0.2) is 9.38 Å². The maximum atomic E-state index is 15.3. The molecule has 1 saturated carbocycles. The number of halogens is 1. The number of amidine groups is 1. The SMILES string of the molecule is CNCCC1=C/C=C(\C)C2CCCC2(F)C(N)=N\C(C)=C\1. The summed E-state index contributed by atoms with van der Waals surface area (Å²) in [5.41, 5.74) is 7.55. The van der Waals surface area contributed by atoms with Crippen LogP contribution in [0.15, 0.2) is 40.1 Å². The van der Waals surface area contributed by atoms with Gasteiger partial charge in [-0.05, 0) is 64.8 Å². The predicted molar refractivity (Wildman–Crippen MR) is 86.9 cm³/mol. The van der Waals surface area contributed by atoms with E-state index in [0.29, 0.717) is 6.42 Å². The van der Waals surface area contributed by atoms with Crippen molar-refractivity contribution >= 4 is 5.84 Å². The molecule has 4 heteroatoms. The summed E-state index contributed by atoms with van der Waals surface area (Å²) < 4.78 is 15.3. The third-order valence-corrected chi connectivity index (χ3v) is 4.48. The molecule has 0 spiro atoms. The fourth-order valence-corrected chi connectivity index (χ4v) is 3.27. The Labute approximate surface area is 126 Å². The Morgan fingerprint density at radius 2 is 2.19 bits per heavy atom. The zero-order valence-electron chi connectivity index (χ0n) is 13.2. The molecule has 0 radical (unpaired) electrons. The van der Waals surface area contributed by atoms with Crippen LogP contribution in [0, 0.1) is 5.92 Å². The van der Waals surface area contributed by atoms with Crippen LogP contribution in [0.3, 0.4) is 0 Å². The quantitative estimate of drug-likeness (QED) is 0.838. The van der Waals surface area contributed by atoms with Gasteiger partial charge in [0.25, 0.3) is 0 Å². The lowest BCUT2D eigenvalue weighted by atomic mass is 9.85. The van der Waals surface area contributed by atoms with E-state index in [-0.39, 0.29) is 11.8 Å². The van der Waals surface area contributed by atoms with Crippen molar-refractivity contribution in [1.29, 1.82) is 0 Å². The van der Waals surface area contributed by atoms with Crippen LogP contribution in [0.5, 0.6) is 0 Å². The van der Waals surface area contributed by atoms with Gasteiger partial charge in [0.05, 0.1) is 0 Å². The van der Waals surface area contributed by atoms with Gasteiger partial charge in [-0.1, -0.05) is 17.7 Å². The van der Waals surface area contributed by atoms with Crippen LogP contribution in [0.25, 0.3) is 0 Å². The number of allylic oxidation sites excluding steroid dienone is 5. The van der Waals surface area contributed by atoms with E-state index < -0.39 is 5.67 Å². The lowest BCUT2D eigenvalue weighted by molar-refractivity contribution is 0.213. The molecular weight excluding hydrogens is 265 g/mol. The number of hydrogen-bond acceptors (Lipinski definition) is 3. The average molecular weight is 291 g/mol. The highest BCUT2D eigenvalue weighted by Gasteiger charge is 2.47. The summed E-state index contributed by atoms with van der Waals surface area (Å²) in [4.78, 5) is 4.34. The highest BCUT2D eigenvalue weighted by Crippen LogP contribution is 2.43. The van der Waals surface area contributed by atoms with Gasteiger partial charge in [0.2, 0.25) is 0 Å². The number of alkyl halides is 1. The minimum Gasteiger partial charge on any atom is -0.384 e. The summed E-state index contributed by atoms with van der Waals surface area (Å²) in [5.74, 6) is -0.00434. The molecular formula is C17H26FN3. The van der Waals surface area contributed by atoms with Crippen LogP contribution >= 0.6 is 0 Å². The van der Waals surface area contributed by atoms with Crippen LogP contribution in [-0.2, 0) is 0 Å². The molecule has 0 saturated heterocycles. The lowest BCUT2D eigenvalue weighted by Crippen LogP contribution is -2.43. The fraction of sp³-hybridized carbons (Fsp3) is 0.588. The molecule has 3 N–H and O–H groups in total. The molecule has 0 aromatic heterocycles. The Morgan fingerprint density at radius 3 is 2.90 bits per heavy atom. The molecule has 1 heterocycles. The first kappa shape index (κ1) is 16.0. The van der Waals surface area contributed by atoms with Gasteiger partial charge in [0, 0.05) is 11.6 Å². The van der Waals surface area contributed by atoms with Crippen molar-refractivity contribution in [3.05, 3.63) is 35.1 Å². The molecule has 1 aliphatic heterocycles. The number of fused-ring (bicyclic) bond motifs is 1. The van der Waals surface area contributed by atoms with Gasteiger partial charge >= 0.3 is 0 Å². The minimum atomic E-state index is -1.48. The summed E-state index contributed by atoms with van der Waals surface area (Å²) in [6.07, 6.45) is 9.23. The van der Waals surface area contributed by atoms with E-state index in [9.17, 15) is 0 Å². The third kappa shape index (κ3) is 3.43. The topological polar surface area (TPSA) is 50.4 Å². The monoisotopic (exact) mass is 291 g/mol. The van der Waals surface area contributed by atoms with Crippen LogP contribution in [0.1, 0.15) is 39.5 Å². The fourth-order valence-electron chi connectivity index (χ4n) is 3.27. The zero-order valence-corrected chi connectivity index (χ0v) is 13.2. The Kier molecular flexibility index (Phi) is 4.99. The first-order valence-corrected chi connectivity index (χ1v) is 7.71. The van der Waals surface area contributed by atoms with E-state index in [2.05, 4.69) is 22.5 Å². The van der Waals surface area contributed by atoms with E-state index in [1.165, 1.54) is 5.57 Å². The summed E-state index contributed by atoms with van der Waals surface area (Å²) in [7, 11) is 1.94. The number of aliphatic imine (C=N–C) groups is 1. The molecule has 0 amide bonds. The van der Waals surface area contributed by atoms with Gasteiger partial charge in [-0.3, -0.25) is 0 Å². The highest BCUT2D eigenvalue weighted by molar-refractivity contribution is 5.91. The predicted octanol–water partition coefficient (Wildman–Crippen LogP) is 3.25. The Bertz CT molecular complexity index is 516. The smallest absolute Gasteiger partial charge is 0.174 e. The van der Waals surface area contributed by atoms with Crippen LogP contribution in [0.4, 0.5) is 4.39 Å². The van der Waals surface area contributed by atoms with Crippen LogP contribution in [0.2, 0.25) is 0 Å². The van der Waals surface area contributed by atoms with E-state index in [1.807, 2.05) is 27.0 Å². The Hall–Kier alpha value is -1.42. The van der Waals surface area contributed by atoms with Gasteiger partial charge in [-0.2, -0.15) is 0 Å². The maximum absolute atomic E-state index is 15.3. The highest BCUT2D eigenvalue weighted by atomic mass is 19.1. The lowest BCUT2D eigenvalue weighted by Gasteiger charge is -2.28. The van der Waals surface area contributed by atoms with Gasteiger partial charge in [-0.15, -0.1) is 0 Å². The molecule has 2 aliphatic rings. The molecule has 0 aromatic carbocycles. The van der Waals surface area contributed by atoms with E-state index in [0.717, 1.165) is 37.1 Å². The third-order valence-electron chi connectivity index (χ3n) is 4.48. The van der Waals surface area contributed by atoms with E-state index >= 15 is 4.39 Å². The standard InChI is InChI=1S/C17H26FN3/c1-12-6-7-14(8-10-20-3)11-13(2)21-16(19)17(18)9-4-5-15(12)17/h6-7,11,15,20H,4-5,8-10H2,1-3H3,(H2,19,21)/b12-6+,13-11+,14-7-. The molecule has 2 unspecified atom stereocenters. The zero-order chi connectivity index (χ0) is 15.5. The second-order valence-corrected chi connectivity index (χ2v) is 6.10. The summed E-state index contributed by atoms with van der Waals surface area (Å²) in [5, 5.41) is 3.15. The summed E-state index contributed by atoms with van der Waals surface area (Å²) >= 11 is 0. The molecule has 0 bridgehead atoms. The van der Waals surface area contributed by atoms with Crippen LogP contribution in [-0.4, -0.2) is 25.1 Å². The molecule has 3 nitrogen and oxygen atoms in total. The van der Waals surface area contributed by atoms with Crippen molar-refractivity contribution in [1.82, 2.24) is 5.32 Å². The second-order valence-electron chi connectivity index (χ2n) is 6.10. The average Bonchev–Trinajstić information content (AvgIpc) is 2.84. The molecule has 2 rings (SSSR count). The van der Waals surface area contributed by atoms with Crippen molar-refractivity contribution in [2.24, 2.45) is 16.6 Å². The molecule has 2 atom stereocenters. The van der Waals surface area contributed by atoms with Crippen molar-refractivity contribution in [2.45, 2.75) is 45.2 Å². The number of rotatable bonds is 3. The van der Waals surface area contributed by atoms with Crippen molar-refractivity contribution in [2.75, 3.05) is 13.6 Å². The van der Waals surface area contributed by atoms with Crippen molar-refractivity contribution in [3.63, 3.8) is 0 Å². The molecule has 0 aromatic rings. The number of nitrogens with zero attached hydrogens (tertiary/aromatic N) is 1. The minimum absolute atomic E-state index is 0.140. The van der Waals surface area contributed by atoms with E-state index in [4.69, 9.17) is 5.73 Å². The van der Waals surface area contributed by atoms with Gasteiger partial charge in [0.1, 0.15) is 5.84 Å². The maximum Gasteiger partial charge on any atom is 0.174 e. The van der Waals surface area contributed by atoms with Gasteiger partial charge < -0.3 is 11.1 Å². The van der Waals surface area contributed by atoms with Crippen molar-refractivity contribution < 1.29 is 4.39 Å². The molecule has 116 valence electrons. The Balaban J connectivity index is 2.42. The molecule has 21 heavy (non-hydrogen) atoms. The molecule has 1 aliphatic carbocycles. The summed E-state index contributed by atoms with van der Waals surface area (Å²) in [6, 6.07) is 0. The van der Waals surface area contributed by atoms with Gasteiger partial charge in [0.15, 0.2) is 5.67 Å².